The zero-order chi connectivity index (χ0) is 10.8. The number of carbonyl (C=O) groups excluding carboxylic acids is 1. The zero-order valence-corrected chi connectivity index (χ0v) is 8.69. The first kappa shape index (κ1) is 10.2. The molecule has 1 aliphatic rings. The lowest BCUT2D eigenvalue weighted by molar-refractivity contribution is -0.308. The minimum Gasteiger partial charge on any atom is -0.548 e. The van der Waals surface area contributed by atoms with Crippen LogP contribution in [0, 0.1) is 6.92 Å². The van der Waals surface area contributed by atoms with Crippen molar-refractivity contribution < 1.29 is 9.90 Å². The van der Waals surface area contributed by atoms with Crippen LogP contribution in [-0.2, 0) is 4.79 Å². The topological polar surface area (TPSA) is 52.2 Å². The van der Waals surface area contributed by atoms with Crippen LogP contribution in [-0.4, -0.2) is 12.0 Å². The lowest BCUT2D eigenvalue weighted by Gasteiger charge is -2.15. The van der Waals surface area contributed by atoms with E-state index in [1.54, 1.807) is 0 Å². The van der Waals surface area contributed by atoms with Crippen LogP contribution in [0.15, 0.2) is 24.3 Å². The van der Waals surface area contributed by atoms with Gasteiger partial charge in [-0.2, -0.15) is 0 Å². The summed E-state index contributed by atoms with van der Waals surface area (Å²) in [4.78, 5) is 10.7. The molecular formula is C12H14NO2-. The molecule has 2 unspecified atom stereocenters. The van der Waals surface area contributed by atoms with E-state index in [4.69, 9.17) is 0 Å². The summed E-state index contributed by atoms with van der Waals surface area (Å²) >= 11 is 0. The maximum atomic E-state index is 10.7. The number of rotatable bonds is 2. The molecule has 0 bridgehead atoms. The zero-order valence-electron chi connectivity index (χ0n) is 8.69. The molecule has 1 saturated heterocycles. The van der Waals surface area contributed by atoms with Crippen LogP contribution in [0.1, 0.15) is 30.0 Å². The molecule has 1 aliphatic heterocycles. The van der Waals surface area contributed by atoms with E-state index in [0.717, 1.165) is 6.42 Å². The number of nitrogens with one attached hydrogen (secondary N) is 1. The Kier molecular flexibility index (Phi) is 2.73. The molecule has 1 fully saturated rings. The van der Waals surface area contributed by atoms with Gasteiger partial charge in [0.15, 0.2) is 0 Å². The molecular weight excluding hydrogens is 190 g/mol. The predicted molar refractivity (Wildman–Crippen MR) is 55.1 cm³/mol. The van der Waals surface area contributed by atoms with E-state index in [9.17, 15) is 9.90 Å². The minimum atomic E-state index is -0.995. The number of hydrogen-bond donors (Lipinski definition) is 1. The smallest absolute Gasteiger partial charge is 0.0584 e. The van der Waals surface area contributed by atoms with Gasteiger partial charge in [-0.15, -0.1) is 0 Å². The number of carboxylic acids is 1. The van der Waals surface area contributed by atoms with E-state index in [1.807, 2.05) is 25.1 Å². The van der Waals surface area contributed by atoms with Crippen molar-refractivity contribution in [2.24, 2.45) is 0 Å². The van der Waals surface area contributed by atoms with Gasteiger partial charge >= 0.3 is 0 Å². The number of carboxylic acid groups (broad SMARTS) is 1. The Morgan fingerprint density at radius 1 is 1.47 bits per heavy atom. The standard InChI is InChI=1S/C12H15NO2/c1-8-3-2-4-9(7-8)10-5-6-11(13-10)12(14)15/h2-4,7,10-11,13H,5-6H2,1H3,(H,14,15)/p-1. The molecule has 1 aromatic rings. The summed E-state index contributed by atoms with van der Waals surface area (Å²) < 4.78 is 0. The van der Waals surface area contributed by atoms with Gasteiger partial charge in [0, 0.05) is 12.1 Å². The second kappa shape index (κ2) is 4.03. The highest BCUT2D eigenvalue weighted by Gasteiger charge is 2.25. The van der Waals surface area contributed by atoms with E-state index < -0.39 is 12.0 Å². The molecule has 0 saturated carbocycles. The van der Waals surface area contributed by atoms with E-state index in [2.05, 4.69) is 11.4 Å². The maximum absolute atomic E-state index is 10.7. The van der Waals surface area contributed by atoms with E-state index >= 15 is 0 Å². The summed E-state index contributed by atoms with van der Waals surface area (Å²) in [6, 6.07) is 7.83. The molecule has 3 heteroatoms. The van der Waals surface area contributed by atoms with Crippen molar-refractivity contribution in [1.29, 1.82) is 0 Å². The predicted octanol–water partition coefficient (Wildman–Crippen LogP) is 0.538. The van der Waals surface area contributed by atoms with Gasteiger partial charge in [0.1, 0.15) is 0 Å². The van der Waals surface area contributed by atoms with Crippen LogP contribution in [0.2, 0.25) is 0 Å². The second-order valence-corrected chi connectivity index (χ2v) is 4.08. The maximum Gasteiger partial charge on any atom is 0.0584 e. The fourth-order valence-corrected chi connectivity index (χ4v) is 2.08. The summed E-state index contributed by atoms with van der Waals surface area (Å²) in [6.45, 7) is 2.04. The Labute approximate surface area is 89.1 Å². The molecule has 0 spiro atoms. The van der Waals surface area contributed by atoms with Gasteiger partial charge in [-0.3, -0.25) is 0 Å². The first-order valence-electron chi connectivity index (χ1n) is 5.20. The van der Waals surface area contributed by atoms with Crippen molar-refractivity contribution in [2.75, 3.05) is 0 Å². The molecule has 80 valence electrons. The highest BCUT2D eigenvalue weighted by molar-refractivity contribution is 5.71. The van der Waals surface area contributed by atoms with Gasteiger partial charge in [-0.05, 0) is 25.3 Å². The van der Waals surface area contributed by atoms with Crippen LogP contribution in [0.5, 0.6) is 0 Å². The van der Waals surface area contributed by atoms with Gasteiger partial charge in [0.25, 0.3) is 0 Å². The average Bonchev–Trinajstić information content (AvgIpc) is 2.66. The van der Waals surface area contributed by atoms with E-state index in [0.29, 0.717) is 6.42 Å². The quantitative estimate of drug-likeness (QED) is 0.765. The molecule has 15 heavy (non-hydrogen) atoms. The van der Waals surface area contributed by atoms with Gasteiger partial charge < -0.3 is 15.2 Å². The van der Waals surface area contributed by atoms with Crippen molar-refractivity contribution in [3.63, 3.8) is 0 Å². The molecule has 2 rings (SSSR count). The Morgan fingerprint density at radius 3 is 2.87 bits per heavy atom. The second-order valence-electron chi connectivity index (χ2n) is 4.08. The van der Waals surface area contributed by atoms with Gasteiger partial charge in [-0.1, -0.05) is 29.8 Å². The fraction of sp³-hybridized carbons (Fsp3) is 0.417. The highest BCUT2D eigenvalue weighted by Crippen LogP contribution is 2.26. The number of benzene rings is 1. The Bertz CT molecular complexity index is 376. The SMILES string of the molecule is Cc1cccc(C2CCC(C(=O)[O-])N2)c1. The molecule has 3 nitrogen and oxygen atoms in total. The van der Waals surface area contributed by atoms with Crippen LogP contribution in [0.4, 0.5) is 0 Å². The third-order valence-electron chi connectivity index (χ3n) is 2.88. The molecule has 0 amide bonds. The van der Waals surface area contributed by atoms with Crippen molar-refractivity contribution in [2.45, 2.75) is 31.8 Å². The molecule has 1 heterocycles. The van der Waals surface area contributed by atoms with E-state index in [-0.39, 0.29) is 6.04 Å². The Balaban J connectivity index is 2.11. The Hall–Kier alpha value is -1.35. The molecule has 0 radical (unpaired) electrons. The first-order chi connectivity index (χ1) is 7.16. The molecule has 0 aliphatic carbocycles. The van der Waals surface area contributed by atoms with Crippen molar-refractivity contribution >= 4 is 5.97 Å². The average molecular weight is 204 g/mol. The molecule has 0 aromatic heterocycles. The van der Waals surface area contributed by atoms with E-state index in [1.165, 1.54) is 11.1 Å². The first-order valence-corrected chi connectivity index (χ1v) is 5.20. The van der Waals surface area contributed by atoms with Crippen LogP contribution < -0.4 is 10.4 Å². The Morgan fingerprint density at radius 2 is 2.27 bits per heavy atom. The number of aryl methyl sites for hydroxylation is 1. The number of hydrogen-bond acceptors (Lipinski definition) is 3. The lowest BCUT2D eigenvalue weighted by atomic mass is 10.0. The summed E-state index contributed by atoms with van der Waals surface area (Å²) in [5.41, 5.74) is 2.37. The van der Waals surface area contributed by atoms with Crippen molar-refractivity contribution in [1.82, 2.24) is 5.32 Å². The summed E-state index contributed by atoms with van der Waals surface area (Å²) in [7, 11) is 0. The van der Waals surface area contributed by atoms with Gasteiger partial charge in [0.05, 0.1) is 5.97 Å². The lowest BCUT2D eigenvalue weighted by Crippen LogP contribution is -2.42. The monoisotopic (exact) mass is 204 g/mol. The summed E-state index contributed by atoms with van der Waals surface area (Å²) in [6.07, 6.45) is 1.52. The third-order valence-corrected chi connectivity index (χ3v) is 2.88. The fourth-order valence-electron chi connectivity index (χ4n) is 2.08. The van der Waals surface area contributed by atoms with Crippen LogP contribution in [0.3, 0.4) is 0 Å². The third kappa shape index (κ3) is 2.18. The van der Waals surface area contributed by atoms with Crippen LogP contribution in [0.25, 0.3) is 0 Å². The normalized spacial score (nSPS) is 25.4. The molecule has 1 aromatic carbocycles. The van der Waals surface area contributed by atoms with Crippen molar-refractivity contribution in [3.8, 4) is 0 Å². The van der Waals surface area contributed by atoms with Gasteiger partial charge in [-0.25, -0.2) is 0 Å². The summed E-state index contributed by atoms with van der Waals surface area (Å²) in [5, 5.41) is 13.7. The minimum absolute atomic E-state index is 0.160. The van der Waals surface area contributed by atoms with Crippen LogP contribution >= 0.6 is 0 Å². The number of carbonyl (C=O) groups is 1. The molecule has 2 atom stereocenters. The van der Waals surface area contributed by atoms with Gasteiger partial charge in [0.2, 0.25) is 0 Å². The largest absolute Gasteiger partial charge is 0.548 e. The molecule has 1 N–H and O–H groups in total. The number of aliphatic carboxylic acids is 1. The van der Waals surface area contributed by atoms with Crippen molar-refractivity contribution in [3.05, 3.63) is 35.4 Å². The summed E-state index contributed by atoms with van der Waals surface area (Å²) in [5.74, 6) is -0.995. The highest BCUT2D eigenvalue weighted by atomic mass is 16.4.